The van der Waals surface area contributed by atoms with Crippen LogP contribution in [0.1, 0.15) is 44.1 Å². The average Bonchev–Trinajstić information content (AvgIpc) is 2.57. The van der Waals surface area contributed by atoms with E-state index in [1.54, 1.807) is 7.11 Å². The summed E-state index contributed by atoms with van der Waals surface area (Å²) in [7, 11) is 1.75. The van der Waals surface area contributed by atoms with E-state index in [1.165, 1.54) is 44.1 Å². The Morgan fingerprint density at radius 1 is 0.958 bits per heavy atom. The first-order valence-corrected chi connectivity index (χ1v) is 9.84. The van der Waals surface area contributed by atoms with Crippen molar-refractivity contribution in [1.82, 2.24) is 10.6 Å². The van der Waals surface area contributed by atoms with Gasteiger partial charge in [-0.05, 0) is 80.9 Å². The van der Waals surface area contributed by atoms with E-state index in [1.807, 2.05) is 12.1 Å². The zero-order valence-electron chi connectivity index (χ0n) is 15.0. The minimum absolute atomic E-state index is 0.499. The number of rotatable bonds is 8. The van der Waals surface area contributed by atoms with Gasteiger partial charge >= 0.3 is 0 Å². The fourth-order valence-corrected chi connectivity index (χ4v) is 6.00. The molecule has 1 aromatic rings. The predicted molar refractivity (Wildman–Crippen MR) is 98.5 cm³/mol. The first-order chi connectivity index (χ1) is 11.8. The van der Waals surface area contributed by atoms with E-state index < -0.39 is 0 Å². The van der Waals surface area contributed by atoms with Crippen LogP contribution in [0.4, 0.5) is 0 Å². The van der Waals surface area contributed by atoms with Crippen LogP contribution in [0.3, 0.4) is 0 Å². The lowest BCUT2D eigenvalue weighted by atomic mass is 9.53. The molecule has 4 saturated carbocycles. The lowest BCUT2D eigenvalue weighted by Crippen LogP contribution is -2.59. The number of hydrogen-bond donors (Lipinski definition) is 2. The van der Waals surface area contributed by atoms with Crippen molar-refractivity contribution >= 4 is 0 Å². The molecule has 0 radical (unpaired) electrons. The van der Waals surface area contributed by atoms with Gasteiger partial charge in [0.2, 0.25) is 0 Å². The molecule has 4 aliphatic rings. The summed E-state index contributed by atoms with van der Waals surface area (Å²) in [5.41, 5.74) is 1.79. The van der Waals surface area contributed by atoms with Gasteiger partial charge < -0.3 is 15.4 Å². The third kappa shape index (κ3) is 3.48. The topological polar surface area (TPSA) is 33.3 Å². The Balaban J connectivity index is 1.18. The summed E-state index contributed by atoms with van der Waals surface area (Å²) in [5, 5.41) is 7.56. The Kier molecular flexibility index (Phi) is 4.82. The van der Waals surface area contributed by atoms with Gasteiger partial charge in [0, 0.05) is 18.6 Å². The summed E-state index contributed by atoms with van der Waals surface area (Å²) in [6.07, 6.45) is 9.94. The zero-order valence-corrected chi connectivity index (χ0v) is 15.0. The number of methoxy groups -OCH3 is 1. The molecule has 5 rings (SSSR count). The molecule has 0 atom stereocenters. The summed E-state index contributed by atoms with van der Waals surface area (Å²) in [6.45, 7) is 3.19. The SMILES string of the molecule is COc1ccccc1CCNCCNC12CC3CC(CC(C3)C1)C2. The molecule has 0 unspecified atom stereocenters. The molecule has 0 amide bonds. The molecular formula is C21H32N2O. The Hall–Kier alpha value is -1.06. The highest BCUT2D eigenvalue weighted by atomic mass is 16.5. The molecule has 2 N–H and O–H groups in total. The van der Waals surface area contributed by atoms with Crippen LogP contribution < -0.4 is 15.4 Å². The van der Waals surface area contributed by atoms with Crippen LogP contribution in [-0.4, -0.2) is 32.3 Å². The summed E-state index contributed by atoms with van der Waals surface area (Å²) in [4.78, 5) is 0. The first-order valence-electron chi connectivity index (χ1n) is 9.84. The summed E-state index contributed by atoms with van der Waals surface area (Å²) in [5.74, 6) is 4.10. The van der Waals surface area contributed by atoms with Crippen molar-refractivity contribution in [2.24, 2.45) is 17.8 Å². The van der Waals surface area contributed by atoms with Crippen molar-refractivity contribution in [2.75, 3.05) is 26.7 Å². The molecule has 0 heterocycles. The van der Waals surface area contributed by atoms with Crippen molar-refractivity contribution in [2.45, 2.75) is 50.5 Å². The van der Waals surface area contributed by atoms with Crippen LogP contribution in [0.15, 0.2) is 24.3 Å². The smallest absolute Gasteiger partial charge is 0.122 e. The van der Waals surface area contributed by atoms with Crippen LogP contribution in [0.25, 0.3) is 0 Å². The average molecular weight is 329 g/mol. The number of para-hydroxylation sites is 1. The van der Waals surface area contributed by atoms with Gasteiger partial charge in [0.25, 0.3) is 0 Å². The summed E-state index contributed by atoms with van der Waals surface area (Å²) in [6, 6.07) is 8.33. The van der Waals surface area contributed by atoms with Crippen molar-refractivity contribution in [3.63, 3.8) is 0 Å². The Morgan fingerprint density at radius 2 is 1.62 bits per heavy atom. The summed E-state index contributed by atoms with van der Waals surface area (Å²) < 4.78 is 5.42. The molecule has 0 aromatic heterocycles. The monoisotopic (exact) mass is 328 g/mol. The maximum atomic E-state index is 5.42. The van der Waals surface area contributed by atoms with Gasteiger partial charge in [0.05, 0.1) is 7.11 Å². The minimum Gasteiger partial charge on any atom is -0.496 e. The Labute approximate surface area is 146 Å². The second-order valence-electron chi connectivity index (χ2n) is 8.44. The molecule has 3 heteroatoms. The molecule has 24 heavy (non-hydrogen) atoms. The quantitative estimate of drug-likeness (QED) is 0.718. The number of nitrogens with one attached hydrogen (secondary N) is 2. The van der Waals surface area contributed by atoms with Crippen LogP contribution in [-0.2, 0) is 6.42 Å². The normalized spacial score (nSPS) is 33.8. The minimum atomic E-state index is 0.499. The number of ether oxygens (including phenoxy) is 1. The molecule has 4 bridgehead atoms. The van der Waals surface area contributed by atoms with Crippen LogP contribution >= 0.6 is 0 Å². The number of hydrogen-bond acceptors (Lipinski definition) is 3. The Morgan fingerprint density at radius 3 is 2.29 bits per heavy atom. The van der Waals surface area contributed by atoms with Gasteiger partial charge in [0.15, 0.2) is 0 Å². The van der Waals surface area contributed by atoms with Gasteiger partial charge in [-0.1, -0.05) is 18.2 Å². The van der Waals surface area contributed by atoms with Crippen molar-refractivity contribution < 1.29 is 4.74 Å². The molecule has 4 fully saturated rings. The summed E-state index contributed by atoms with van der Waals surface area (Å²) >= 11 is 0. The van der Waals surface area contributed by atoms with Crippen LogP contribution in [0, 0.1) is 17.8 Å². The van der Waals surface area contributed by atoms with Crippen molar-refractivity contribution in [3.8, 4) is 5.75 Å². The third-order valence-corrected chi connectivity index (χ3v) is 6.60. The molecular weight excluding hydrogens is 296 g/mol. The molecule has 0 saturated heterocycles. The highest BCUT2D eigenvalue weighted by Gasteiger charge is 2.50. The van der Waals surface area contributed by atoms with Gasteiger partial charge in [0.1, 0.15) is 5.75 Å². The lowest BCUT2D eigenvalue weighted by Gasteiger charge is -2.57. The highest BCUT2D eigenvalue weighted by Crippen LogP contribution is 2.55. The van der Waals surface area contributed by atoms with Gasteiger partial charge in [-0.3, -0.25) is 0 Å². The maximum absolute atomic E-state index is 5.42. The molecule has 4 aliphatic carbocycles. The van der Waals surface area contributed by atoms with E-state index in [0.29, 0.717) is 5.54 Å². The van der Waals surface area contributed by atoms with E-state index in [-0.39, 0.29) is 0 Å². The first kappa shape index (κ1) is 16.4. The standard InChI is InChI=1S/C21H32N2O/c1-24-20-5-3-2-4-19(20)6-7-22-8-9-23-21-13-16-10-17(14-21)12-18(11-16)15-21/h2-5,16-18,22-23H,6-15H2,1H3. The maximum Gasteiger partial charge on any atom is 0.122 e. The molecule has 0 spiro atoms. The van der Waals surface area contributed by atoms with E-state index in [2.05, 4.69) is 22.8 Å². The van der Waals surface area contributed by atoms with E-state index in [9.17, 15) is 0 Å². The van der Waals surface area contributed by atoms with E-state index in [0.717, 1.165) is 49.6 Å². The van der Waals surface area contributed by atoms with Crippen molar-refractivity contribution in [3.05, 3.63) is 29.8 Å². The lowest BCUT2D eigenvalue weighted by molar-refractivity contribution is -0.0192. The fourth-order valence-electron chi connectivity index (χ4n) is 6.00. The second-order valence-corrected chi connectivity index (χ2v) is 8.44. The zero-order chi connectivity index (χ0) is 16.4. The van der Waals surface area contributed by atoms with Gasteiger partial charge in [-0.25, -0.2) is 0 Å². The molecule has 3 nitrogen and oxygen atoms in total. The van der Waals surface area contributed by atoms with E-state index >= 15 is 0 Å². The second kappa shape index (κ2) is 7.05. The number of benzene rings is 1. The third-order valence-electron chi connectivity index (χ3n) is 6.60. The van der Waals surface area contributed by atoms with E-state index in [4.69, 9.17) is 4.74 Å². The predicted octanol–water partition coefficient (Wildman–Crippen LogP) is 3.39. The largest absolute Gasteiger partial charge is 0.496 e. The molecule has 0 aliphatic heterocycles. The fraction of sp³-hybridized carbons (Fsp3) is 0.714. The highest BCUT2D eigenvalue weighted by molar-refractivity contribution is 5.33. The Bertz CT molecular complexity index is 521. The molecule has 132 valence electrons. The van der Waals surface area contributed by atoms with Crippen LogP contribution in [0.2, 0.25) is 0 Å². The molecule has 1 aromatic carbocycles. The van der Waals surface area contributed by atoms with Gasteiger partial charge in [-0.2, -0.15) is 0 Å². The van der Waals surface area contributed by atoms with Gasteiger partial charge in [-0.15, -0.1) is 0 Å². The van der Waals surface area contributed by atoms with Crippen molar-refractivity contribution in [1.29, 1.82) is 0 Å². The van der Waals surface area contributed by atoms with Crippen LogP contribution in [0.5, 0.6) is 5.75 Å².